The molecule has 106 valence electrons. The van der Waals surface area contributed by atoms with E-state index >= 15 is 0 Å². The molecule has 19 heavy (non-hydrogen) atoms. The molecule has 1 aliphatic rings. The van der Waals surface area contributed by atoms with Crippen molar-refractivity contribution in [3.63, 3.8) is 0 Å². The first-order chi connectivity index (χ1) is 8.58. The van der Waals surface area contributed by atoms with E-state index in [1.165, 1.54) is 6.07 Å². The maximum atomic E-state index is 13.6. The Hall–Kier alpha value is -1.13. The first kappa shape index (κ1) is 15.9. The zero-order valence-corrected chi connectivity index (χ0v) is 12.0. The number of nitrogens with one attached hydrogen (secondary N) is 2. The minimum absolute atomic E-state index is 0. The van der Waals surface area contributed by atoms with Gasteiger partial charge in [0.1, 0.15) is 5.82 Å². The fourth-order valence-electron chi connectivity index (χ4n) is 2.30. The van der Waals surface area contributed by atoms with Crippen LogP contribution >= 0.6 is 12.4 Å². The predicted molar refractivity (Wildman–Crippen MR) is 76.3 cm³/mol. The minimum atomic E-state index is -0.463. The van der Waals surface area contributed by atoms with Crippen molar-refractivity contribution in [2.75, 3.05) is 6.54 Å². The van der Waals surface area contributed by atoms with Gasteiger partial charge in [-0.15, -0.1) is 12.4 Å². The lowest BCUT2D eigenvalue weighted by Gasteiger charge is -2.30. The number of piperidine rings is 1. The molecule has 0 aromatic heterocycles. The van der Waals surface area contributed by atoms with Crippen LogP contribution in [0.5, 0.6) is 0 Å². The molecule has 2 rings (SSSR count). The van der Waals surface area contributed by atoms with Gasteiger partial charge in [0.15, 0.2) is 0 Å². The van der Waals surface area contributed by atoms with Crippen molar-refractivity contribution < 1.29 is 9.18 Å². The number of hydrogen-bond acceptors (Lipinski definition) is 2. The van der Waals surface area contributed by atoms with Gasteiger partial charge in [0.2, 0.25) is 0 Å². The summed E-state index contributed by atoms with van der Waals surface area (Å²) in [7, 11) is 0. The topological polar surface area (TPSA) is 41.1 Å². The Kier molecular flexibility index (Phi) is 5.76. The second-order valence-electron chi connectivity index (χ2n) is 4.95. The van der Waals surface area contributed by atoms with Gasteiger partial charge < -0.3 is 10.6 Å². The molecule has 0 radical (unpaired) electrons. The highest BCUT2D eigenvalue weighted by molar-refractivity contribution is 5.94. The molecule has 5 heteroatoms. The first-order valence-corrected chi connectivity index (χ1v) is 6.38. The van der Waals surface area contributed by atoms with Gasteiger partial charge in [-0.3, -0.25) is 4.79 Å². The third-order valence-corrected chi connectivity index (χ3v) is 3.44. The van der Waals surface area contributed by atoms with Gasteiger partial charge in [-0.05, 0) is 45.4 Å². The van der Waals surface area contributed by atoms with Crippen LogP contribution in [0.2, 0.25) is 0 Å². The Bertz CT molecular complexity index is 453. The molecule has 1 amide bonds. The lowest BCUT2D eigenvalue weighted by atomic mass is 9.99. The van der Waals surface area contributed by atoms with E-state index < -0.39 is 5.82 Å². The Labute approximate surface area is 119 Å². The van der Waals surface area contributed by atoms with E-state index in [1.54, 1.807) is 12.1 Å². The van der Waals surface area contributed by atoms with E-state index in [1.807, 2.05) is 13.8 Å². The van der Waals surface area contributed by atoms with Crippen LogP contribution in [0.1, 0.15) is 35.7 Å². The van der Waals surface area contributed by atoms with Crippen LogP contribution in [0.15, 0.2) is 18.2 Å². The Morgan fingerprint density at radius 2 is 2.21 bits per heavy atom. The maximum absolute atomic E-state index is 13.6. The third kappa shape index (κ3) is 3.91. The molecular weight excluding hydrogens is 267 g/mol. The number of carbonyl (C=O) groups excluding carboxylic acids is 1. The van der Waals surface area contributed by atoms with Crippen LogP contribution in [-0.4, -0.2) is 24.5 Å². The molecule has 1 fully saturated rings. The van der Waals surface area contributed by atoms with Gasteiger partial charge in [0.25, 0.3) is 5.91 Å². The highest BCUT2D eigenvalue weighted by atomic mass is 35.5. The normalized spacial score (nSPS) is 22.5. The van der Waals surface area contributed by atoms with Crippen molar-refractivity contribution in [1.29, 1.82) is 0 Å². The molecular formula is C14H20ClFN2O. The van der Waals surface area contributed by atoms with E-state index in [4.69, 9.17) is 0 Å². The number of benzene rings is 1. The second kappa shape index (κ2) is 6.87. The molecule has 1 aromatic carbocycles. The SMILES string of the molecule is Cc1ccc(F)c(C(=O)NC2CCCNC2C)c1.Cl. The van der Waals surface area contributed by atoms with Gasteiger partial charge in [0, 0.05) is 12.1 Å². The fourth-order valence-corrected chi connectivity index (χ4v) is 2.30. The Balaban J connectivity index is 0.00000180. The minimum Gasteiger partial charge on any atom is -0.348 e. The molecule has 1 heterocycles. The second-order valence-corrected chi connectivity index (χ2v) is 4.95. The maximum Gasteiger partial charge on any atom is 0.254 e. The van der Waals surface area contributed by atoms with Crippen molar-refractivity contribution in [2.24, 2.45) is 0 Å². The highest BCUT2D eigenvalue weighted by Crippen LogP contribution is 2.13. The van der Waals surface area contributed by atoms with Crippen LogP contribution in [0.3, 0.4) is 0 Å². The number of halogens is 2. The van der Waals surface area contributed by atoms with Crippen LogP contribution < -0.4 is 10.6 Å². The standard InChI is InChI=1S/C14H19FN2O.ClH/c1-9-5-6-12(15)11(8-9)14(18)17-13-4-3-7-16-10(13)2;/h5-6,8,10,13,16H,3-4,7H2,1-2H3,(H,17,18);1H. The number of hydrogen-bond donors (Lipinski definition) is 2. The van der Waals surface area contributed by atoms with Crippen LogP contribution in [-0.2, 0) is 0 Å². The van der Waals surface area contributed by atoms with Crippen molar-refractivity contribution in [3.8, 4) is 0 Å². The lowest BCUT2D eigenvalue weighted by molar-refractivity contribution is 0.0915. The van der Waals surface area contributed by atoms with Crippen molar-refractivity contribution >= 4 is 18.3 Å². The molecule has 0 bridgehead atoms. The van der Waals surface area contributed by atoms with Gasteiger partial charge in [-0.2, -0.15) is 0 Å². The monoisotopic (exact) mass is 286 g/mol. The van der Waals surface area contributed by atoms with Gasteiger partial charge >= 0.3 is 0 Å². The molecule has 0 aliphatic carbocycles. The zero-order valence-electron chi connectivity index (χ0n) is 11.2. The van der Waals surface area contributed by atoms with E-state index in [2.05, 4.69) is 10.6 Å². The molecule has 2 unspecified atom stereocenters. The molecule has 1 saturated heterocycles. The van der Waals surface area contributed by atoms with Gasteiger partial charge in [0.05, 0.1) is 5.56 Å². The highest BCUT2D eigenvalue weighted by Gasteiger charge is 2.23. The Morgan fingerprint density at radius 3 is 2.89 bits per heavy atom. The molecule has 0 spiro atoms. The van der Waals surface area contributed by atoms with Crippen LogP contribution in [0, 0.1) is 12.7 Å². The smallest absolute Gasteiger partial charge is 0.254 e. The van der Waals surface area contributed by atoms with E-state index in [0.29, 0.717) is 0 Å². The summed E-state index contributed by atoms with van der Waals surface area (Å²) in [5.74, 6) is -0.786. The summed E-state index contributed by atoms with van der Waals surface area (Å²) in [5, 5.41) is 6.22. The molecule has 2 N–H and O–H groups in total. The number of rotatable bonds is 2. The molecule has 3 nitrogen and oxygen atoms in total. The van der Waals surface area contributed by atoms with Crippen molar-refractivity contribution in [1.82, 2.24) is 10.6 Å². The number of carbonyl (C=O) groups is 1. The number of aryl methyl sites for hydroxylation is 1. The molecule has 1 aromatic rings. The Morgan fingerprint density at radius 1 is 1.47 bits per heavy atom. The van der Waals surface area contributed by atoms with E-state index in [-0.39, 0.29) is 36.0 Å². The van der Waals surface area contributed by atoms with Gasteiger partial charge in [-0.1, -0.05) is 11.6 Å². The summed E-state index contributed by atoms with van der Waals surface area (Å²) in [6.07, 6.45) is 1.97. The lowest BCUT2D eigenvalue weighted by Crippen LogP contribution is -2.52. The summed E-state index contributed by atoms with van der Waals surface area (Å²) < 4.78 is 13.6. The largest absolute Gasteiger partial charge is 0.348 e. The van der Waals surface area contributed by atoms with Crippen LogP contribution in [0.4, 0.5) is 4.39 Å². The summed E-state index contributed by atoms with van der Waals surface area (Å²) in [6.45, 7) is 4.87. The van der Waals surface area contributed by atoms with E-state index in [0.717, 1.165) is 24.9 Å². The van der Waals surface area contributed by atoms with Gasteiger partial charge in [-0.25, -0.2) is 4.39 Å². The van der Waals surface area contributed by atoms with Crippen molar-refractivity contribution in [3.05, 3.63) is 35.1 Å². The average Bonchev–Trinajstić information content (AvgIpc) is 2.35. The summed E-state index contributed by atoms with van der Waals surface area (Å²) in [6, 6.07) is 4.90. The zero-order chi connectivity index (χ0) is 13.1. The molecule has 0 saturated carbocycles. The summed E-state index contributed by atoms with van der Waals surface area (Å²) >= 11 is 0. The average molecular weight is 287 g/mol. The quantitative estimate of drug-likeness (QED) is 0.877. The summed E-state index contributed by atoms with van der Waals surface area (Å²) in [4.78, 5) is 12.1. The summed E-state index contributed by atoms with van der Waals surface area (Å²) in [5.41, 5.74) is 1.02. The fraction of sp³-hybridized carbons (Fsp3) is 0.500. The van der Waals surface area contributed by atoms with E-state index in [9.17, 15) is 9.18 Å². The molecule has 1 aliphatic heterocycles. The first-order valence-electron chi connectivity index (χ1n) is 6.38. The molecule has 2 atom stereocenters. The predicted octanol–water partition coefficient (Wildman–Crippen LogP) is 2.43. The number of amides is 1. The third-order valence-electron chi connectivity index (χ3n) is 3.44. The van der Waals surface area contributed by atoms with Crippen LogP contribution in [0.25, 0.3) is 0 Å². The van der Waals surface area contributed by atoms with Crippen molar-refractivity contribution in [2.45, 2.75) is 38.8 Å².